The molecule has 2 saturated heterocycles. The van der Waals surface area contributed by atoms with Crippen LogP contribution in [0.25, 0.3) is 0 Å². The van der Waals surface area contributed by atoms with Crippen molar-refractivity contribution in [2.45, 2.75) is 25.3 Å². The van der Waals surface area contributed by atoms with E-state index in [9.17, 15) is 4.79 Å². The maximum Gasteiger partial charge on any atom is 0.227 e. The number of hydrogen-bond acceptors (Lipinski definition) is 5. The Labute approximate surface area is 127 Å². The van der Waals surface area contributed by atoms with E-state index in [1.54, 1.807) is 11.3 Å². The number of carbonyl (C=O) groups excluding carboxylic acids is 1. The Morgan fingerprint density at radius 1 is 1.33 bits per heavy atom. The van der Waals surface area contributed by atoms with Crippen LogP contribution in [-0.4, -0.2) is 40.3 Å². The second-order valence-electron chi connectivity index (χ2n) is 5.53. The molecular weight excluding hydrogens is 286 g/mol. The highest BCUT2D eigenvalue weighted by atomic mass is 32.1. The van der Waals surface area contributed by atoms with Crippen molar-refractivity contribution in [2.24, 2.45) is 0 Å². The lowest BCUT2D eigenvalue weighted by Crippen LogP contribution is -2.23. The quantitative estimate of drug-likeness (QED) is 0.869. The minimum absolute atomic E-state index is 0.213. The molecule has 1 unspecified atom stereocenters. The molecule has 6 nitrogen and oxygen atoms in total. The van der Waals surface area contributed by atoms with Crippen molar-refractivity contribution in [3.05, 3.63) is 24.0 Å². The summed E-state index contributed by atoms with van der Waals surface area (Å²) in [4.78, 5) is 20.3. The summed E-state index contributed by atoms with van der Waals surface area (Å²) in [7, 11) is 0. The van der Waals surface area contributed by atoms with E-state index in [2.05, 4.69) is 15.0 Å². The number of rotatable bonds is 3. The van der Waals surface area contributed by atoms with Crippen LogP contribution < -0.4 is 9.80 Å². The Balaban J connectivity index is 1.48. The standard InChI is InChI=1S/C14H17N5OS/c20-13-2-1-5-18(13)12-8-16-19(10-12)11-3-6-17(9-11)14-15-4-7-21-14/h4,7-8,10-11H,1-3,5-6,9H2. The van der Waals surface area contributed by atoms with E-state index in [0.717, 1.165) is 43.3 Å². The summed E-state index contributed by atoms with van der Waals surface area (Å²) in [6.07, 6.45) is 8.35. The zero-order chi connectivity index (χ0) is 14.2. The maximum absolute atomic E-state index is 11.8. The highest BCUT2D eigenvalue weighted by Crippen LogP contribution is 2.29. The molecular formula is C14H17N5OS. The zero-order valence-corrected chi connectivity index (χ0v) is 12.5. The summed E-state index contributed by atoms with van der Waals surface area (Å²) in [5.41, 5.74) is 0.935. The molecule has 0 spiro atoms. The number of carbonyl (C=O) groups is 1. The highest BCUT2D eigenvalue weighted by Gasteiger charge is 2.28. The van der Waals surface area contributed by atoms with Gasteiger partial charge in [0, 0.05) is 43.8 Å². The van der Waals surface area contributed by atoms with Gasteiger partial charge >= 0.3 is 0 Å². The normalized spacial score (nSPS) is 22.5. The average molecular weight is 303 g/mol. The van der Waals surface area contributed by atoms with Gasteiger partial charge in [-0.05, 0) is 12.8 Å². The largest absolute Gasteiger partial charge is 0.346 e. The first kappa shape index (κ1) is 12.8. The second kappa shape index (κ2) is 5.14. The smallest absolute Gasteiger partial charge is 0.227 e. The molecule has 1 amide bonds. The van der Waals surface area contributed by atoms with Crippen molar-refractivity contribution < 1.29 is 4.79 Å². The van der Waals surface area contributed by atoms with Gasteiger partial charge in [0.15, 0.2) is 5.13 Å². The van der Waals surface area contributed by atoms with Gasteiger partial charge in [-0.25, -0.2) is 4.98 Å². The molecule has 2 aromatic rings. The minimum Gasteiger partial charge on any atom is -0.346 e. The van der Waals surface area contributed by atoms with Gasteiger partial charge in [0.25, 0.3) is 0 Å². The molecule has 1 atom stereocenters. The molecule has 4 rings (SSSR count). The first-order valence-corrected chi connectivity index (χ1v) is 8.18. The summed E-state index contributed by atoms with van der Waals surface area (Å²) in [6.45, 7) is 2.76. The van der Waals surface area contributed by atoms with Gasteiger partial charge in [0.1, 0.15) is 0 Å². The molecule has 0 bridgehead atoms. The summed E-state index contributed by atoms with van der Waals surface area (Å²) in [5.74, 6) is 0.213. The van der Waals surface area contributed by atoms with E-state index in [1.165, 1.54) is 0 Å². The zero-order valence-electron chi connectivity index (χ0n) is 11.7. The third-order valence-corrected chi connectivity index (χ3v) is 5.03. The first-order valence-electron chi connectivity index (χ1n) is 7.30. The maximum atomic E-state index is 11.8. The van der Waals surface area contributed by atoms with Crippen LogP contribution in [0.4, 0.5) is 10.8 Å². The predicted molar refractivity (Wildman–Crippen MR) is 81.8 cm³/mol. The van der Waals surface area contributed by atoms with E-state index in [1.807, 2.05) is 33.6 Å². The summed E-state index contributed by atoms with van der Waals surface area (Å²) in [6, 6.07) is 0.361. The van der Waals surface area contributed by atoms with Crippen molar-refractivity contribution >= 4 is 28.1 Å². The number of thiazole rings is 1. The van der Waals surface area contributed by atoms with Crippen LogP contribution >= 0.6 is 11.3 Å². The molecule has 0 aliphatic carbocycles. The molecule has 4 heterocycles. The fourth-order valence-corrected chi connectivity index (χ4v) is 3.77. The SMILES string of the molecule is O=C1CCCN1c1cnn(C2CCN(c3nccs3)C2)c1. The van der Waals surface area contributed by atoms with Crippen LogP contribution in [0.3, 0.4) is 0 Å². The average Bonchev–Trinajstić information content (AvgIpc) is 3.25. The first-order chi connectivity index (χ1) is 10.3. The fraction of sp³-hybridized carbons (Fsp3) is 0.500. The van der Waals surface area contributed by atoms with Crippen LogP contribution in [0, 0.1) is 0 Å². The Morgan fingerprint density at radius 3 is 3.05 bits per heavy atom. The van der Waals surface area contributed by atoms with Gasteiger partial charge in [0.05, 0.1) is 17.9 Å². The van der Waals surface area contributed by atoms with E-state index in [0.29, 0.717) is 12.5 Å². The topological polar surface area (TPSA) is 54.3 Å². The lowest BCUT2D eigenvalue weighted by atomic mass is 10.3. The van der Waals surface area contributed by atoms with E-state index < -0.39 is 0 Å². The van der Waals surface area contributed by atoms with Gasteiger partial charge in [0.2, 0.25) is 5.91 Å². The van der Waals surface area contributed by atoms with Crippen LogP contribution in [0.15, 0.2) is 24.0 Å². The van der Waals surface area contributed by atoms with Gasteiger partial charge in [-0.2, -0.15) is 5.10 Å². The second-order valence-corrected chi connectivity index (χ2v) is 6.40. The van der Waals surface area contributed by atoms with Gasteiger partial charge in [-0.1, -0.05) is 0 Å². The molecule has 2 aliphatic heterocycles. The van der Waals surface area contributed by atoms with E-state index in [4.69, 9.17) is 0 Å². The van der Waals surface area contributed by atoms with Gasteiger partial charge < -0.3 is 9.80 Å². The van der Waals surface area contributed by atoms with Crippen LogP contribution in [0.5, 0.6) is 0 Å². The molecule has 21 heavy (non-hydrogen) atoms. The van der Waals surface area contributed by atoms with Gasteiger partial charge in [-0.15, -0.1) is 11.3 Å². The van der Waals surface area contributed by atoms with Crippen molar-refractivity contribution in [1.29, 1.82) is 0 Å². The van der Waals surface area contributed by atoms with Crippen LogP contribution in [0.1, 0.15) is 25.3 Å². The Kier molecular flexibility index (Phi) is 3.14. The molecule has 2 aliphatic rings. The van der Waals surface area contributed by atoms with Crippen molar-refractivity contribution in [3.8, 4) is 0 Å². The number of hydrogen-bond donors (Lipinski definition) is 0. The van der Waals surface area contributed by atoms with Gasteiger partial charge in [-0.3, -0.25) is 9.48 Å². The highest BCUT2D eigenvalue weighted by molar-refractivity contribution is 7.13. The number of aromatic nitrogens is 3. The number of amides is 1. The molecule has 2 fully saturated rings. The predicted octanol–water partition coefficient (Wildman–Crippen LogP) is 1.92. The monoisotopic (exact) mass is 303 g/mol. The number of anilines is 2. The molecule has 2 aromatic heterocycles. The molecule has 0 saturated carbocycles. The fourth-order valence-electron chi connectivity index (χ4n) is 3.09. The van der Waals surface area contributed by atoms with Crippen LogP contribution in [-0.2, 0) is 4.79 Å². The van der Waals surface area contributed by atoms with E-state index >= 15 is 0 Å². The lowest BCUT2D eigenvalue weighted by molar-refractivity contribution is -0.117. The molecule has 7 heteroatoms. The van der Waals surface area contributed by atoms with Crippen molar-refractivity contribution in [1.82, 2.24) is 14.8 Å². The third kappa shape index (κ3) is 2.31. The van der Waals surface area contributed by atoms with Crippen molar-refractivity contribution in [3.63, 3.8) is 0 Å². The lowest BCUT2D eigenvalue weighted by Gasteiger charge is -2.15. The van der Waals surface area contributed by atoms with Crippen molar-refractivity contribution in [2.75, 3.05) is 29.4 Å². The molecule has 0 aromatic carbocycles. The molecule has 0 N–H and O–H groups in total. The van der Waals surface area contributed by atoms with E-state index in [-0.39, 0.29) is 5.91 Å². The summed E-state index contributed by atoms with van der Waals surface area (Å²) >= 11 is 1.68. The molecule has 110 valence electrons. The molecule has 0 radical (unpaired) electrons. The summed E-state index contributed by atoms with van der Waals surface area (Å²) in [5, 5.41) is 7.56. The third-order valence-electron chi connectivity index (χ3n) is 4.20. The Bertz CT molecular complexity index is 638. The minimum atomic E-state index is 0.213. The number of nitrogens with zero attached hydrogens (tertiary/aromatic N) is 5. The Morgan fingerprint density at radius 2 is 2.29 bits per heavy atom. The summed E-state index contributed by atoms with van der Waals surface area (Å²) < 4.78 is 2.01. The van der Waals surface area contributed by atoms with Crippen LogP contribution in [0.2, 0.25) is 0 Å². The Hall–Kier alpha value is -1.89.